The zero-order valence-electron chi connectivity index (χ0n) is 39.0. The van der Waals surface area contributed by atoms with Crippen LogP contribution in [-0.2, 0) is 33.8 Å². The molecule has 0 bridgehead atoms. The third-order valence-corrected chi connectivity index (χ3v) is 13.2. The maximum Gasteiger partial charge on any atom is 0.328 e. The highest BCUT2D eigenvalue weighted by Crippen LogP contribution is 2.34. The Kier molecular flexibility index (Phi) is 18.7. The molecule has 3 fully saturated rings. The van der Waals surface area contributed by atoms with Gasteiger partial charge in [-0.1, -0.05) is 63.9 Å². The molecule has 0 spiro atoms. The van der Waals surface area contributed by atoms with E-state index >= 15 is 0 Å². The molecule has 0 amide bonds. The number of hydrogen-bond donors (Lipinski definition) is 12. The van der Waals surface area contributed by atoms with Crippen molar-refractivity contribution in [3.8, 4) is 0 Å². The minimum atomic E-state index is -1.42. The topological polar surface area (TPSA) is 374 Å². The zero-order chi connectivity index (χ0) is 54.4. The quantitative estimate of drug-likeness (QED) is 0.0617. The number of benzene rings is 3. The molecule has 9 rings (SSSR count). The number of H-pyrrole nitrogens is 3. The number of nitrogens with one attached hydrogen (secondary N) is 3. The van der Waals surface area contributed by atoms with Crippen molar-refractivity contribution in [1.82, 2.24) is 28.7 Å². The van der Waals surface area contributed by atoms with Crippen LogP contribution >= 0.6 is 27.5 Å². The molecule has 27 heteroatoms. The second kappa shape index (κ2) is 24.7. The van der Waals surface area contributed by atoms with E-state index in [0.717, 1.165) is 15.6 Å². The molecule has 402 valence electrons. The highest BCUT2D eigenvalue weighted by Gasteiger charge is 2.46. The van der Waals surface area contributed by atoms with Gasteiger partial charge in [-0.25, -0.2) is 18.8 Å². The van der Waals surface area contributed by atoms with E-state index in [1.807, 2.05) is 24.3 Å². The Morgan fingerprint density at radius 1 is 0.467 bits per heavy atom. The van der Waals surface area contributed by atoms with Crippen molar-refractivity contribution in [3.05, 3.63) is 203 Å². The number of ether oxygens (including phenoxy) is 3. The minimum Gasteiger partial charge on any atom is -0.394 e. The fraction of sp³-hybridized carbons (Fsp3) is 0.375. The first kappa shape index (κ1) is 56.6. The lowest BCUT2D eigenvalue weighted by Gasteiger charge is -2.15. The summed E-state index contributed by atoms with van der Waals surface area (Å²) >= 11 is 9.16. The molecule has 0 aliphatic carbocycles. The lowest BCUT2D eigenvalue weighted by atomic mass is 10.0. The number of aromatic nitrogens is 6. The van der Waals surface area contributed by atoms with Crippen LogP contribution in [0.15, 0.2) is 125 Å². The highest BCUT2D eigenvalue weighted by molar-refractivity contribution is 9.10. The third-order valence-electron chi connectivity index (χ3n) is 12.5. The Hall–Kier alpha value is -6.08. The van der Waals surface area contributed by atoms with Gasteiger partial charge in [-0.3, -0.25) is 43.0 Å². The van der Waals surface area contributed by atoms with Crippen LogP contribution in [0.3, 0.4) is 0 Å². The molecular weight excluding hydrogens is 1080 g/mol. The summed E-state index contributed by atoms with van der Waals surface area (Å²) in [5.41, 5.74) is -1.85. The molecule has 75 heavy (non-hydrogen) atoms. The van der Waals surface area contributed by atoms with Crippen molar-refractivity contribution < 1.29 is 64.6 Å². The van der Waals surface area contributed by atoms with E-state index in [2.05, 4.69) is 30.9 Å². The summed E-state index contributed by atoms with van der Waals surface area (Å²) in [5.74, 6) is -0.412. The van der Waals surface area contributed by atoms with Crippen LogP contribution < -0.4 is 33.7 Å². The molecule has 3 aliphatic heterocycles. The molecule has 0 saturated carbocycles. The Bertz CT molecular complexity index is 2940. The predicted octanol–water partition coefficient (Wildman–Crippen LogP) is -2.23. The third kappa shape index (κ3) is 13.1. The van der Waals surface area contributed by atoms with Gasteiger partial charge < -0.3 is 60.2 Å². The van der Waals surface area contributed by atoms with Crippen molar-refractivity contribution in [2.24, 2.45) is 0 Å². The van der Waals surface area contributed by atoms with Crippen LogP contribution in [-0.4, -0.2) is 149 Å². The van der Waals surface area contributed by atoms with Crippen molar-refractivity contribution in [3.63, 3.8) is 0 Å². The SMILES string of the molecule is O=c1[nH]c(=O)n(Cc2ccc(Br)cc2)cc1[C@@H]1O[C@H](CO)[C@@H](O)[C@H]1O.O=c1[nH]c(=O)n(Cc2ccc(Cl)cc2)cc1[C@@H]1O[C@H](CO)[C@@H](O)[C@H]1O.O=c1[nH]c(=O)n(Cc2ccc(F)cc2)cc1[C@@H]1O[C@H](CO)[C@@H](O)[C@H]1O. The first-order chi connectivity index (χ1) is 35.7. The van der Waals surface area contributed by atoms with Crippen molar-refractivity contribution in [2.45, 2.75) is 92.9 Å². The van der Waals surface area contributed by atoms with Gasteiger partial charge in [-0.15, -0.1) is 0 Å². The van der Waals surface area contributed by atoms with E-state index in [4.69, 9.17) is 41.1 Å². The molecule has 3 aromatic heterocycles. The number of aliphatic hydroxyl groups excluding tert-OH is 9. The molecule has 0 unspecified atom stereocenters. The summed E-state index contributed by atoms with van der Waals surface area (Å²) in [6, 6.07) is 19.7. The normalized spacial score (nSPS) is 26.1. The molecule has 0 radical (unpaired) electrons. The van der Waals surface area contributed by atoms with Crippen LogP contribution in [0, 0.1) is 5.82 Å². The Balaban J connectivity index is 0.000000164. The second-order valence-electron chi connectivity index (χ2n) is 17.6. The monoisotopic (exact) mass is 1130 g/mol. The zero-order valence-corrected chi connectivity index (χ0v) is 41.3. The summed E-state index contributed by atoms with van der Waals surface area (Å²) in [7, 11) is 0. The summed E-state index contributed by atoms with van der Waals surface area (Å²) in [6.45, 7) is -1.07. The molecule has 3 saturated heterocycles. The first-order valence-corrected chi connectivity index (χ1v) is 24.0. The highest BCUT2D eigenvalue weighted by atomic mass is 79.9. The van der Waals surface area contributed by atoms with Crippen molar-refractivity contribution in [1.29, 1.82) is 0 Å². The van der Waals surface area contributed by atoms with Gasteiger partial charge in [-0.2, -0.15) is 0 Å². The number of nitrogens with zero attached hydrogens (tertiary/aromatic N) is 3. The van der Waals surface area contributed by atoms with Gasteiger partial charge >= 0.3 is 17.1 Å². The predicted molar refractivity (Wildman–Crippen MR) is 263 cm³/mol. The molecule has 3 aromatic carbocycles. The van der Waals surface area contributed by atoms with Gasteiger partial charge in [0.25, 0.3) is 16.7 Å². The molecule has 3 aliphatic rings. The summed E-state index contributed by atoms with van der Waals surface area (Å²) in [4.78, 5) is 78.8. The number of halogens is 3. The van der Waals surface area contributed by atoms with Crippen LogP contribution in [0.2, 0.25) is 5.02 Å². The van der Waals surface area contributed by atoms with Gasteiger partial charge in [0.2, 0.25) is 0 Å². The van der Waals surface area contributed by atoms with Crippen LogP contribution in [0.1, 0.15) is 51.7 Å². The van der Waals surface area contributed by atoms with Gasteiger partial charge in [0.15, 0.2) is 0 Å². The first-order valence-electron chi connectivity index (χ1n) is 22.8. The minimum absolute atomic E-state index is 0.00364. The van der Waals surface area contributed by atoms with Crippen LogP contribution in [0.25, 0.3) is 0 Å². The fourth-order valence-electron chi connectivity index (χ4n) is 8.37. The maximum atomic E-state index is 13.0. The number of aliphatic hydroxyl groups is 9. The molecule has 24 nitrogen and oxygen atoms in total. The Labute approximate surface area is 434 Å². The van der Waals surface area contributed by atoms with Crippen LogP contribution in [0.4, 0.5) is 4.39 Å². The molecule has 12 N–H and O–H groups in total. The molecule has 6 heterocycles. The van der Waals surface area contributed by atoms with E-state index in [-0.39, 0.29) is 36.3 Å². The van der Waals surface area contributed by atoms with E-state index in [0.29, 0.717) is 10.6 Å². The lowest BCUT2D eigenvalue weighted by Crippen LogP contribution is -2.36. The van der Waals surface area contributed by atoms with Gasteiger partial charge in [0, 0.05) is 28.1 Å². The molecule has 12 atom stereocenters. The number of aromatic amines is 3. The van der Waals surface area contributed by atoms with Gasteiger partial charge in [0.05, 0.1) is 56.1 Å². The second-order valence-corrected chi connectivity index (χ2v) is 18.9. The van der Waals surface area contributed by atoms with E-state index in [9.17, 15) is 63.8 Å². The van der Waals surface area contributed by atoms with Gasteiger partial charge in [0.1, 0.15) is 79.1 Å². The van der Waals surface area contributed by atoms with E-state index in [1.54, 1.807) is 24.3 Å². The van der Waals surface area contributed by atoms with Crippen molar-refractivity contribution >= 4 is 27.5 Å². The number of rotatable bonds is 12. The van der Waals surface area contributed by atoms with Crippen molar-refractivity contribution in [2.75, 3.05) is 19.8 Å². The summed E-state index contributed by atoms with van der Waals surface area (Å²) < 4.78 is 33.7. The largest absolute Gasteiger partial charge is 0.394 e. The number of hydrogen-bond acceptors (Lipinski definition) is 18. The molecular formula is C48H51BrClFN6O18. The lowest BCUT2D eigenvalue weighted by molar-refractivity contribution is -0.0233. The average molecular weight is 1130 g/mol. The Morgan fingerprint density at radius 2 is 0.747 bits per heavy atom. The maximum absolute atomic E-state index is 13.0. The van der Waals surface area contributed by atoms with Gasteiger partial charge in [-0.05, 0) is 53.1 Å². The fourth-order valence-corrected chi connectivity index (χ4v) is 8.76. The van der Waals surface area contributed by atoms with Crippen LogP contribution in [0.5, 0.6) is 0 Å². The summed E-state index contributed by atoms with van der Waals surface area (Å²) in [5, 5.41) is 87.7. The average Bonchev–Trinajstić information content (AvgIpc) is 3.96. The summed E-state index contributed by atoms with van der Waals surface area (Å²) in [6.07, 6.45) is -10.9. The van der Waals surface area contributed by atoms with E-state index in [1.165, 1.54) is 56.6 Å². The Morgan fingerprint density at radius 3 is 1.03 bits per heavy atom. The smallest absolute Gasteiger partial charge is 0.328 e. The standard InChI is InChI=1S/C16H17BrN2O6.C16H17ClN2O6.C16H17FN2O6/c3*17-9-3-1-8(2-4-9)5-19-6-10(15(23)18-16(19)24)14-13(22)12(21)11(7-20)25-14/h3*1-4,6,11-14,20-22H,5,7H2,(H,18,23,24)/t3*11-,12-,13-,14+/m111/s1. The molecule has 6 aromatic rings. The van der Waals surface area contributed by atoms with E-state index < -0.39 is 133 Å².